The quantitative estimate of drug-likeness (QED) is 0.793. The van der Waals surface area contributed by atoms with Gasteiger partial charge in [0.1, 0.15) is 12.4 Å². The van der Waals surface area contributed by atoms with Crippen molar-refractivity contribution < 1.29 is 4.74 Å². The van der Waals surface area contributed by atoms with E-state index < -0.39 is 0 Å². The lowest BCUT2D eigenvalue weighted by atomic mass is 9.83. The molecule has 1 aromatic carbocycles. The first-order valence-electron chi connectivity index (χ1n) is 8.24. The topological polar surface area (TPSA) is 21.3 Å². The van der Waals surface area contributed by atoms with Crippen molar-refractivity contribution in [3.8, 4) is 5.75 Å². The molecule has 0 aliphatic heterocycles. The molecule has 0 saturated heterocycles. The van der Waals surface area contributed by atoms with Gasteiger partial charge in [-0.05, 0) is 62.1 Å². The van der Waals surface area contributed by atoms with E-state index >= 15 is 0 Å². The van der Waals surface area contributed by atoms with Crippen molar-refractivity contribution in [2.45, 2.75) is 51.5 Å². The molecule has 2 heteroatoms. The van der Waals surface area contributed by atoms with Crippen LogP contribution in [0, 0.1) is 18.8 Å². The minimum absolute atomic E-state index is 0.732. The maximum Gasteiger partial charge on any atom is 0.119 e. The number of rotatable bonds is 6. The van der Waals surface area contributed by atoms with Crippen LogP contribution in [-0.4, -0.2) is 19.2 Å². The normalized spacial score (nSPS) is 26.4. The van der Waals surface area contributed by atoms with Crippen molar-refractivity contribution in [3.63, 3.8) is 0 Å². The summed E-state index contributed by atoms with van der Waals surface area (Å²) in [5, 5.41) is 3.69. The number of hydrogen-bond donors (Lipinski definition) is 1. The lowest BCUT2D eigenvalue weighted by molar-refractivity contribution is 0.243. The molecular formula is C18H27NO. The number of hydrogen-bond acceptors (Lipinski definition) is 2. The molecule has 2 aliphatic carbocycles. The smallest absolute Gasteiger partial charge is 0.119 e. The Bertz CT molecular complexity index is 427. The Morgan fingerprint density at radius 2 is 2.05 bits per heavy atom. The van der Waals surface area contributed by atoms with Crippen LogP contribution in [0.15, 0.2) is 24.3 Å². The van der Waals surface area contributed by atoms with E-state index in [-0.39, 0.29) is 0 Å². The van der Waals surface area contributed by atoms with Crippen LogP contribution in [-0.2, 0) is 0 Å². The Morgan fingerprint density at radius 1 is 1.15 bits per heavy atom. The fourth-order valence-electron chi connectivity index (χ4n) is 3.55. The lowest BCUT2D eigenvalue weighted by Gasteiger charge is -2.30. The molecule has 110 valence electrons. The molecule has 2 aliphatic rings. The summed E-state index contributed by atoms with van der Waals surface area (Å²) in [4.78, 5) is 0. The van der Waals surface area contributed by atoms with Crippen molar-refractivity contribution in [2.24, 2.45) is 11.8 Å². The summed E-state index contributed by atoms with van der Waals surface area (Å²) >= 11 is 0. The zero-order valence-electron chi connectivity index (χ0n) is 12.6. The van der Waals surface area contributed by atoms with Crippen molar-refractivity contribution in [1.82, 2.24) is 5.32 Å². The van der Waals surface area contributed by atoms with Gasteiger partial charge in [0.2, 0.25) is 0 Å². The molecule has 2 saturated carbocycles. The molecule has 1 N–H and O–H groups in total. The summed E-state index contributed by atoms with van der Waals surface area (Å²) < 4.78 is 5.80. The highest BCUT2D eigenvalue weighted by molar-refractivity contribution is 5.27. The molecule has 2 fully saturated rings. The van der Waals surface area contributed by atoms with Crippen molar-refractivity contribution >= 4 is 0 Å². The number of benzene rings is 1. The van der Waals surface area contributed by atoms with E-state index in [1.807, 2.05) is 6.07 Å². The van der Waals surface area contributed by atoms with Crippen LogP contribution in [0.5, 0.6) is 5.75 Å². The molecule has 0 bridgehead atoms. The SMILES string of the molecule is Cc1cccc(OCCNC2CCCC(C3CC3)C2)c1. The van der Waals surface area contributed by atoms with Crippen LogP contribution in [0.25, 0.3) is 0 Å². The fraction of sp³-hybridized carbons (Fsp3) is 0.667. The average Bonchev–Trinajstić information content (AvgIpc) is 3.29. The summed E-state index contributed by atoms with van der Waals surface area (Å²) in [6.45, 7) is 3.84. The molecule has 0 amide bonds. The van der Waals surface area contributed by atoms with Gasteiger partial charge in [-0.15, -0.1) is 0 Å². The Kier molecular flexibility index (Phi) is 4.62. The average molecular weight is 273 g/mol. The minimum atomic E-state index is 0.732. The molecule has 0 spiro atoms. The molecule has 2 nitrogen and oxygen atoms in total. The van der Waals surface area contributed by atoms with E-state index in [1.54, 1.807) is 0 Å². The van der Waals surface area contributed by atoms with E-state index in [4.69, 9.17) is 4.74 Å². The highest BCUT2D eigenvalue weighted by atomic mass is 16.5. The third-order valence-corrected chi connectivity index (χ3v) is 4.80. The van der Waals surface area contributed by atoms with Gasteiger partial charge in [0.05, 0.1) is 0 Å². The van der Waals surface area contributed by atoms with Crippen LogP contribution in [0.2, 0.25) is 0 Å². The Balaban J connectivity index is 1.35. The van der Waals surface area contributed by atoms with Crippen LogP contribution < -0.4 is 10.1 Å². The molecule has 3 rings (SSSR count). The summed E-state index contributed by atoms with van der Waals surface area (Å²) in [5.41, 5.74) is 1.26. The van der Waals surface area contributed by atoms with Crippen molar-refractivity contribution in [1.29, 1.82) is 0 Å². The molecule has 0 radical (unpaired) electrons. The van der Waals surface area contributed by atoms with E-state index in [9.17, 15) is 0 Å². The van der Waals surface area contributed by atoms with Gasteiger partial charge in [-0.1, -0.05) is 25.0 Å². The van der Waals surface area contributed by atoms with Gasteiger partial charge >= 0.3 is 0 Å². The molecule has 1 aromatic rings. The molecule has 20 heavy (non-hydrogen) atoms. The van der Waals surface area contributed by atoms with E-state index in [1.165, 1.54) is 44.1 Å². The van der Waals surface area contributed by atoms with Crippen LogP contribution in [0.3, 0.4) is 0 Å². The highest BCUT2D eigenvalue weighted by Gasteiger charge is 2.34. The lowest BCUT2D eigenvalue weighted by Crippen LogP contribution is -2.37. The van der Waals surface area contributed by atoms with Crippen molar-refractivity contribution in [3.05, 3.63) is 29.8 Å². The largest absolute Gasteiger partial charge is 0.492 e. The van der Waals surface area contributed by atoms with Crippen LogP contribution in [0.4, 0.5) is 0 Å². The first-order valence-corrected chi connectivity index (χ1v) is 8.24. The predicted octanol–water partition coefficient (Wildman–Crippen LogP) is 3.93. The van der Waals surface area contributed by atoms with E-state index in [2.05, 4.69) is 30.4 Å². The number of aryl methyl sites for hydroxylation is 1. The van der Waals surface area contributed by atoms with Gasteiger partial charge < -0.3 is 10.1 Å². The minimum Gasteiger partial charge on any atom is -0.492 e. The molecular weight excluding hydrogens is 246 g/mol. The maximum absolute atomic E-state index is 5.80. The fourth-order valence-corrected chi connectivity index (χ4v) is 3.55. The van der Waals surface area contributed by atoms with Gasteiger partial charge in [0.25, 0.3) is 0 Å². The number of ether oxygens (including phenoxy) is 1. The Hall–Kier alpha value is -1.02. The van der Waals surface area contributed by atoms with Gasteiger partial charge in [-0.2, -0.15) is 0 Å². The van der Waals surface area contributed by atoms with Crippen molar-refractivity contribution in [2.75, 3.05) is 13.2 Å². The molecule has 2 unspecified atom stereocenters. The third kappa shape index (κ3) is 3.99. The summed E-state index contributed by atoms with van der Waals surface area (Å²) in [5.74, 6) is 3.08. The molecule has 2 atom stereocenters. The monoisotopic (exact) mass is 273 g/mol. The van der Waals surface area contributed by atoms with Crippen LogP contribution in [0.1, 0.15) is 44.1 Å². The van der Waals surface area contributed by atoms with Gasteiger partial charge in [-0.3, -0.25) is 0 Å². The van der Waals surface area contributed by atoms with Gasteiger partial charge in [0.15, 0.2) is 0 Å². The van der Waals surface area contributed by atoms with E-state index in [0.717, 1.165) is 36.8 Å². The Labute approximate surface area is 122 Å². The second-order valence-corrected chi connectivity index (χ2v) is 6.58. The summed E-state index contributed by atoms with van der Waals surface area (Å²) in [6, 6.07) is 9.03. The van der Waals surface area contributed by atoms with E-state index in [0.29, 0.717) is 0 Å². The zero-order chi connectivity index (χ0) is 13.8. The molecule has 0 aromatic heterocycles. The highest BCUT2D eigenvalue weighted by Crippen LogP contribution is 2.43. The third-order valence-electron chi connectivity index (χ3n) is 4.80. The standard InChI is InChI=1S/C18H27NO/c1-14-4-2-7-18(12-14)20-11-10-19-17-6-3-5-16(13-17)15-8-9-15/h2,4,7,12,15-17,19H,3,5-6,8-11,13H2,1H3. The molecule has 0 heterocycles. The van der Waals surface area contributed by atoms with Crippen LogP contribution >= 0.6 is 0 Å². The first kappa shape index (κ1) is 13.9. The second kappa shape index (κ2) is 6.62. The zero-order valence-corrected chi connectivity index (χ0v) is 12.6. The van der Waals surface area contributed by atoms with Gasteiger partial charge in [0, 0.05) is 12.6 Å². The van der Waals surface area contributed by atoms with Gasteiger partial charge in [-0.25, -0.2) is 0 Å². The Morgan fingerprint density at radius 3 is 2.85 bits per heavy atom. The predicted molar refractivity (Wildman–Crippen MR) is 83.1 cm³/mol. The number of nitrogens with one attached hydrogen (secondary N) is 1. The summed E-state index contributed by atoms with van der Waals surface area (Å²) in [6.07, 6.45) is 8.63. The second-order valence-electron chi connectivity index (χ2n) is 6.58. The summed E-state index contributed by atoms with van der Waals surface area (Å²) in [7, 11) is 0. The first-order chi connectivity index (χ1) is 9.81. The maximum atomic E-state index is 5.80.